The summed E-state index contributed by atoms with van der Waals surface area (Å²) >= 11 is 0. The molecule has 3 nitrogen and oxygen atoms in total. The van der Waals surface area contributed by atoms with Gasteiger partial charge in [-0.05, 0) is 31.0 Å². The number of pyridine rings is 1. The molecule has 0 bridgehead atoms. The first-order valence-electron chi connectivity index (χ1n) is 5.89. The summed E-state index contributed by atoms with van der Waals surface area (Å²) in [5.41, 5.74) is 2.65. The fourth-order valence-electron chi connectivity index (χ4n) is 3.10. The average Bonchev–Trinajstić information content (AvgIpc) is 2.62. The van der Waals surface area contributed by atoms with E-state index in [1.54, 1.807) is 0 Å². The summed E-state index contributed by atoms with van der Waals surface area (Å²) in [7, 11) is 0. The molecule has 0 radical (unpaired) electrons. The second kappa shape index (κ2) is 2.94. The minimum absolute atomic E-state index is 0.261. The van der Waals surface area contributed by atoms with Gasteiger partial charge >= 0.3 is 0 Å². The molecule has 1 fully saturated rings. The summed E-state index contributed by atoms with van der Waals surface area (Å²) in [6, 6.07) is 5.40. The van der Waals surface area contributed by atoms with Gasteiger partial charge in [-0.2, -0.15) is 5.10 Å². The van der Waals surface area contributed by atoms with Gasteiger partial charge in [-0.3, -0.25) is 9.67 Å². The lowest BCUT2D eigenvalue weighted by Crippen LogP contribution is -2.07. The van der Waals surface area contributed by atoms with E-state index in [-0.39, 0.29) is 5.82 Å². The van der Waals surface area contributed by atoms with Crippen molar-refractivity contribution >= 4 is 0 Å². The average molecular weight is 229 g/mol. The third kappa shape index (κ3) is 1.27. The van der Waals surface area contributed by atoms with Gasteiger partial charge in [-0.1, -0.05) is 0 Å². The lowest BCUT2D eigenvalue weighted by molar-refractivity contribution is 0.452. The van der Waals surface area contributed by atoms with Crippen LogP contribution in [0.3, 0.4) is 0 Å². The van der Waals surface area contributed by atoms with E-state index in [0.29, 0.717) is 11.3 Å². The van der Waals surface area contributed by atoms with E-state index in [4.69, 9.17) is 0 Å². The van der Waals surface area contributed by atoms with Crippen molar-refractivity contribution in [1.82, 2.24) is 14.8 Å². The Balaban J connectivity index is 1.61. The van der Waals surface area contributed by atoms with Crippen LogP contribution in [-0.2, 0) is 13.0 Å². The number of rotatable bonds is 1. The van der Waals surface area contributed by atoms with Crippen LogP contribution in [0.25, 0.3) is 0 Å². The Hall–Kier alpha value is -1.71. The van der Waals surface area contributed by atoms with Gasteiger partial charge in [0.2, 0.25) is 0 Å². The lowest BCUT2D eigenvalue weighted by atomic mass is 9.99. The SMILES string of the molecule is Fc1ccc(C2CC23Cc2ccnn2C3)nc1. The van der Waals surface area contributed by atoms with Gasteiger partial charge in [-0.25, -0.2) is 4.39 Å². The van der Waals surface area contributed by atoms with Crippen LogP contribution >= 0.6 is 0 Å². The quantitative estimate of drug-likeness (QED) is 0.750. The molecule has 2 aromatic heterocycles. The van der Waals surface area contributed by atoms with Crippen LogP contribution in [-0.4, -0.2) is 14.8 Å². The van der Waals surface area contributed by atoms with Gasteiger partial charge in [0.05, 0.1) is 6.20 Å². The normalized spacial score (nSPS) is 29.6. The van der Waals surface area contributed by atoms with Crippen LogP contribution in [0.15, 0.2) is 30.6 Å². The highest BCUT2D eigenvalue weighted by Gasteiger charge is 2.58. The molecule has 4 rings (SSSR count). The molecule has 2 atom stereocenters. The second-order valence-electron chi connectivity index (χ2n) is 5.18. The van der Waals surface area contributed by atoms with Crippen molar-refractivity contribution in [2.24, 2.45) is 5.41 Å². The molecule has 4 heteroatoms. The second-order valence-corrected chi connectivity index (χ2v) is 5.18. The highest BCUT2D eigenvalue weighted by molar-refractivity contribution is 5.29. The molecule has 2 aliphatic rings. The monoisotopic (exact) mass is 229 g/mol. The smallest absolute Gasteiger partial charge is 0.141 e. The van der Waals surface area contributed by atoms with E-state index < -0.39 is 0 Å². The van der Waals surface area contributed by atoms with Gasteiger partial charge in [0.25, 0.3) is 0 Å². The van der Waals surface area contributed by atoms with E-state index in [0.717, 1.165) is 25.1 Å². The standard InChI is InChI=1S/C13H12FN3/c14-9-1-2-12(15-7-9)11-6-13(11)5-10-3-4-16-17(10)8-13/h1-4,7,11H,5-6,8H2. The maximum Gasteiger partial charge on any atom is 0.141 e. The van der Waals surface area contributed by atoms with Crippen LogP contribution in [0, 0.1) is 11.2 Å². The molecule has 2 aromatic rings. The minimum atomic E-state index is -0.261. The summed E-state index contributed by atoms with van der Waals surface area (Å²) in [6.45, 7) is 0.985. The number of fused-ring (bicyclic) bond motifs is 1. The van der Waals surface area contributed by atoms with Gasteiger partial charge in [-0.15, -0.1) is 0 Å². The number of nitrogens with zero attached hydrogens (tertiary/aromatic N) is 3. The van der Waals surface area contributed by atoms with Crippen LogP contribution in [0.2, 0.25) is 0 Å². The van der Waals surface area contributed by atoms with Crippen LogP contribution in [0.1, 0.15) is 23.7 Å². The number of aromatic nitrogens is 3. The summed E-state index contributed by atoms with van der Waals surface area (Å²) < 4.78 is 14.9. The topological polar surface area (TPSA) is 30.7 Å². The van der Waals surface area contributed by atoms with Crippen molar-refractivity contribution in [2.45, 2.75) is 25.3 Å². The number of hydrogen-bond acceptors (Lipinski definition) is 2. The van der Waals surface area contributed by atoms with Crippen molar-refractivity contribution in [2.75, 3.05) is 0 Å². The Labute approximate surface area is 98.3 Å². The third-order valence-electron chi connectivity index (χ3n) is 4.10. The summed E-state index contributed by atoms with van der Waals surface area (Å²) in [6.07, 6.45) is 5.40. The molecule has 86 valence electrons. The maximum absolute atomic E-state index is 12.8. The van der Waals surface area contributed by atoms with E-state index in [2.05, 4.69) is 20.8 Å². The molecule has 0 N–H and O–H groups in total. The molecule has 1 spiro atoms. The molecule has 0 saturated heterocycles. The Kier molecular flexibility index (Phi) is 1.62. The largest absolute Gasteiger partial charge is 0.269 e. The molecule has 17 heavy (non-hydrogen) atoms. The molecule has 1 saturated carbocycles. The van der Waals surface area contributed by atoms with Crippen molar-refractivity contribution in [3.8, 4) is 0 Å². The molecular weight excluding hydrogens is 217 g/mol. The Bertz CT molecular complexity index is 552. The van der Waals surface area contributed by atoms with E-state index in [1.165, 1.54) is 18.0 Å². The van der Waals surface area contributed by atoms with E-state index in [1.807, 2.05) is 12.3 Å². The summed E-state index contributed by atoms with van der Waals surface area (Å²) in [5.74, 6) is 0.215. The van der Waals surface area contributed by atoms with Gasteiger partial charge in [0, 0.05) is 35.5 Å². The van der Waals surface area contributed by atoms with Crippen LogP contribution in [0.4, 0.5) is 4.39 Å². The number of halogens is 1. The van der Waals surface area contributed by atoms with Crippen molar-refractivity contribution in [3.63, 3.8) is 0 Å². The molecule has 0 aromatic carbocycles. The molecule has 1 aliphatic carbocycles. The third-order valence-corrected chi connectivity index (χ3v) is 4.10. The minimum Gasteiger partial charge on any atom is -0.269 e. The van der Waals surface area contributed by atoms with Gasteiger partial charge < -0.3 is 0 Å². The first kappa shape index (κ1) is 9.33. The van der Waals surface area contributed by atoms with Crippen molar-refractivity contribution in [3.05, 3.63) is 47.8 Å². The lowest BCUT2D eigenvalue weighted by Gasteiger charge is -2.07. The van der Waals surface area contributed by atoms with Crippen LogP contribution in [0.5, 0.6) is 0 Å². The van der Waals surface area contributed by atoms with Crippen LogP contribution < -0.4 is 0 Å². The number of hydrogen-bond donors (Lipinski definition) is 0. The molecular formula is C13H12FN3. The zero-order valence-electron chi connectivity index (χ0n) is 9.31. The van der Waals surface area contributed by atoms with Gasteiger partial charge in [0.15, 0.2) is 0 Å². The predicted octanol–water partition coefficient (Wildman–Crippen LogP) is 2.15. The highest BCUT2D eigenvalue weighted by Crippen LogP contribution is 2.63. The predicted molar refractivity (Wildman–Crippen MR) is 59.9 cm³/mol. The summed E-state index contributed by atoms with van der Waals surface area (Å²) in [5, 5.41) is 4.31. The first-order chi connectivity index (χ1) is 8.27. The fourth-order valence-corrected chi connectivity index (χ4v) is 3.10. The maximum atomic E-state index is 12.8. The van der Waals surface area contributed by atoms with Crippen molar-refractivity contribution < 1.29 is 4.39 Å². The highest BCUT2D eigenvalue weighted by atomic mass is 19.1. The molecule has 3 heterocycles. The van der Waals surface area contributed by atoms with Gasteiger partial charge in [0.1, 0.15) is 5.82 Å². The first-order valence-corrected chi connectivity index (χ1v) is 5.89. The summed E-state index contributed by atoms with van der Waals surface area (Å²) in [4.78, 5) is 4.20. The Morgan fingerprint density at radius 1 is 1.35 bits per heavy atom. The zero-order chi connectivity index (χ0) is 11.5. The molecule has 0 amide bonds. The Morgan fingerprint density at radius 3 is 3.06 bits per heavy atom. The van der Waals surface area contributed by atoms with E-state index >= 15 is 0 Å². The zero-order valence-corrected chi connectivity index (χ0v) is 9.31. The fraction of sp³-hybridized carbons (Fsp3) is 0.385. The van der Waals surface area contributed by atoms with E-state index in [9.17, 15) is 4.39 Å². The van der Waals surface area contributed by atoms with Crippen molar-refractivity contribution in [1.29, 1.82) is 0 Å². The molecule has 2 unspecified atom stereocenters. The Morgan fingerprint density at radius 2 is 2.29 bits per heavy atom. The molecule has 1 aliphatic heterocycles.